The van der Waals surface area contributed by atoms with Gasteiger partial charge in [0.25, 0.3) is 0 Å². The molecule has 0 saturated carbocycles. The van der Waals surface area contributed by atoms with E-state index in [1.54, 1.807) is 0 Å². The minimum absolute atomic E-state index is 0.111. The van der Waals surface area contributed by atoms with Gasteiger partial charge in [0.05, 0.1) is 18.3 Å². The number of allylic oxidation sites excluding steroid dienone is 1. The van der Waals surface area contributed by atoms with Gasteiger partial charge in [-0.2, -0.15) is 0 Å². The van der Waals surface area contributed by atoms with Crippen LogP contribution in [-0.4, -0.2) is 23.4 Å². The molecule has 0 amide bonds. The molecule has 0 radical (unpaired) electrons. The van der Waals surface area contributed by atoms with Crippen molar-refractivity contribution < 1.29 is 9.84 Å². The Hall–Kier alpha value is -0.340. The van der Waals surface area contributed by atoms with Crippen LogP contribution in [0.5, 0.6) is 0 Å². The van der Waals surface area contributed by atoms with E-state index in [4.69, 9.17) is 9.84 Å². The fraction of sp³-hybridized carbons (Fsp3) is 0.800. The summed E-state index contributed by atoms with van der Waals surface area (Å²) < 4.78 is 5.44. The summed E-state index contributed by atoms with van der Waals surface area (Å²) in [4.78, 5) is 0. The lowest BCUT2D eigenvalue weighted by Crippen LogP contribution is -2.02. The fourth-order valence-corrected chi connectivity index (χ4v) is 1.36. The minimum atomic E-state index is 0.111. The average molecular weight is 170 g/mol. The molecule has 1 aliphatic heterocycles. The molecule has 70 valence electrons. The Bertz CT molecular complexity index is 182. The first-order valence-electron chi connectivity index (χ1n) is 4.50. The third kappa shape index (κ3) is 2.61. The molecule has 0 aromatic carbocycles. The van der Waals surface area contributed by atoms with Crippen molar-refractivity contribution in [3.63, 3.8) is 0 Å². The Labute approximate surface area is 74.2 Å². The van der Waals surface area contributed by atoms with Crippen molar-refractivity contribution in [3.8, 4) is 0 Å². The van der Waals surface area contributed by atoms with Crippen molar-refractivity contribution in [3.05, 3.63) is 11.6 Å². The molecule has 1 atom stereocenters. The molecule has 1 N–H and O–H groups in total. The van der Waals surface area contributed by atoms with E-state index in [1.807, 2.05) is 13.0 Å². The van der Waals surface area contributed by atoms with Crippen LogP contribution in [-0.2, 0) is 4.74 Å². The van der Waals surface area contributed by atoms with Crippen molar-refractivity contribution >= 4 is 0 Å². The van der Waals surface area contributed by atoms with Crippen LogP contribution in [0.1, 0.15) is 33.6 Å². The van der Waals surface area contributed by atoms with E-state index >= 15 is 0 Å². The second kappa shape index (κ2) is 3.58. The second-order valence-electron chi connectivity index (χ2n) is 3.98. The van der Waals surface area contributed by atoms with Gasteiger partial charge in [0.15, 0.2) is 0 Å². The minimum Gasteiger partial charge on any atom is -0.392 e. The number of ether oxygens (including phenoxy) is 1. The van der Waals surface area contributed by atoms with Gasteiger partial charge in [-0.25, -0.2) is 0 Å². The zero-order chi connectivity index (χ0) is 9.19. The second-order valence-corrected chi connectivity index (χ2v) is 3.98. The first kappa shape index (κ1) is 9.75. The molecular formula is C10H18O2. The highest BCUT2D eigenvalue weighted by molar-refractivity contribution is 5.02. The summed E-state index contributed by atoms with van der Waals surface area (Å²) in [7, 11) is 0. The van der Waals surface area contributed by atoms with Gasteiger partial charge in [-0.15, -0.1) is 0 Å². The lowest BCUT2D eigenvalue weighted by atomic mass is 10.0. The highest BCUT2D eigenvalue weighted by Crippen LogP contribution is 2.38. The van der Waals surface area contributed by atoms with E-state index in [9.17, 15) is 0 Å². The molecule has 1 aliphatic rings. The Morgan fingerprint density at radius 3 is 2.58 bits per heavy atom. The van der Waals surface area contributed by atoms with E-state index in [1.165, 1.54) is 5.57 Å². The van der Waals surface area contributed by atoms with Crippen LogP contribution < -0.4 is 0 Å². The van der Waals surface area contributed by atoms with Crippen molar-refractivity contribution in [1.29, 1.82) is 0 Å². The third-order valence-corrected chi connectivity index (χ3v) is 2.40. The molecule has 1 rings (SSSR count). The molecule has 1 heterocycles. The van der Waals surface area contributed by atoms with Gasteiger partial charge < -0.3 is 9.84 Å². The molecule has 0 spiro atoms. The molecule has 0 bridgehead atoms. The van der Waals surface area contributed by atoms with Gasteiger partial charge in [-0.05, 0) is 33.6 Å². The van der Waals surface area contributed by atoms with Crippen molar-refractivity contribution in [2.75, 3.05) is 6.61 Å². The van der Waals surface area contributed by atoms with E-state index in [2.05, 4.69) is 13.8 Å². The molecule has 1 saturated heterocycles. The topological polar surface area (TPSA) is 32.8 Å². The van der Waals surface area contributed by atoms with E-state index in [0.717, 1.165) is 12.8 Å². The molecule has 2 heteroatoms. The number of aliphatic hydroxyl groups is 1. The van der Waals surface area contributed by atoms with Gasteiger partial charge in [0.2, 0.25) is 0 Å². The van der Waals surface area contributed by atoms with Gasteiger partial charge in [0.1, 0.15) is 0 Å². The summed E-state index contributed by atoms with van der Waals surface area (Å²) >= 11 is 0. The zero-order valence-electron chi connectivity index (χ0n) is 8.13. The molecular weight excluding hydrogens is 152 g/mol. The lowest BCUT2D eigenvalue weighted by Gasteiger charge is -1.98. The summed E-state index contributed by atoms with van der Waals surface area (Å²) in [5, 5.41) is 8.61. The molecule has 0 aromatic heterocycles. The number of rotatable bonds is 4. The Balaban J connectivity index is 2.15. The highest BCUT2D eigenvalue weighted by atomic mass is 16.6. The summed E-state index contributed by atoms with van der Waals surface area (Å²) in [5.74, 6) is 0. The van der Waals surface area contributed by atoms with Crippen LogP contribution >= 0.6 is 0 Å². The molecule has 2 nitrogen and oxygen atoms in total. The maximum atomic E-state index is 8.61. The van der Waals surface area contributed by atoms with Crippen molar-refractivity contribution in [1.82, 2.24) is 0 Å². The van der Waals surface area contributed by atoms with Crippen LogP contribution in [0.15, 0.2) is 11.6 Å². The molecule has 0 aliphatic carbocycles. The smallest absolute Gasteiger partial charge is 0.0892 e. The van der Waals surface area contributed by atoms with Gasteiger partial charge in [0, 0.05) is 0 Å². The number of epoxide rings is 1. The molecule has 12 heavy (non-hydrogen) atoms. The van der Waals surface area contributed by atoms with E-state index in [-0.39, 0.29) is 12.2 Å². The zero-order valence-corrected chi connectivity index (χ0v) is 8.13. The van der Waals surface area contributed by atoms with Crippen molar-refractivity contribution in [2.24, 2.45) is 0 Å². The average Bonchev–Trinajstić information content (AvgIpc) is 2.56. The largest absolute Gasteiger partial charge is 0.392 e. The monoisotopic (exact) mass is 170 g/mol. The van der Waals surface area contributed by atoms with E-state index < -0.39 is 0 Å². The first-order chi connectivity index (χ1) is 5.56. The summed E-state index contributed by atoms with van der Waals surface area (Å²) in [5.41, 5.74) is 1.36. The SMILES string of the molecule is C/C(=C/CO)CC[C@@H]1OC1(C)C. The van der Waals surface area contributed by atoms with Crippen LogP contribution in [0.3, 0.4) is 0 Å². The van der Waals surface area contributed by atoms with Gasteiger partial charge in [-0.3, -0.25) is 0 Å². The normalized spacial score (nSPS) is 27.3. The van der Waals surface area contributed by atoms with Crippen molar-refractivity contribution in [2.45, 2.75) is 45.3 Å². The Morgan fingerprint density at radius 2 is 2.17 bits per heavy atom. The summed E-state index contributed by atoms with van der Waals surface area (Å²) in [6, 6.07) is 0. The van der Waals surface area contributed by atoms with Crippen LogP contribution in [0, 0.1) is 0 Å². The first-order valence-corrected chi connectivity index (χ1v) is 4.50. The fourth-order valence-electron chi connectivity index (χ4n) is 1.36. The predicted octanol–water partition coefficient (Wildman–Crippen LogP) is 1.88. The highest BCUT2D eigenvalue weighted by Gasteiger charge is 2.46. The predicted molar refractivity (Wildman–Crippen MR) is 49.0 cm³/mol. The van der Waals surface area contributed by atoms with Crippen LogP contribution in [0.2, 0.25) is 0 Å². The quantitative estimate of drug-likeness (QED) is 0.516. The maximum absolute atomic E-state index is 8.61. The summed E-state index contributed by atoms with van der Waals surface area (Å²) in [6.07, 6.45) is 4.40. The maximum Gasteiger partial charge on any atom is 0.0892 e. The molecule has 1 fully saturated rings. The van der Waals surface area contributed by atoms with Crippen LogP contribution in [0.4, 0.5) is 0 Å². The summed E-state index contributed by atoms with van der Waals surface area (Å²) in [6.45, 7) is 6.43. The number of hydrogen-bond acceptors (Lipinski definition) is 2. The third-order valence-electron chi connectivity index (χ3n) is 2.40. The Morgan fingerprint density at radius 1 is 1.58 bits per heavy atom. The number of aliphatic hydroxyl groups excluding tert-OH is 1. The van der Waals surface area contributed by atoms with Gasteiger partial charge >= 0.3 is 0 Å². The molecule has 0 aromatic rings. The standard InChI is InChI=1S/C10H18O2/c1-8(6-7-11)4-5-9-10(2,3)12-9/h6,9,11H,4-5,7H2,1-3H3/b8-6-/t9-/m0/s1. The number of hydrogen-bond donors (Lipinski definition) is 1. The molecule has 0 unspecified atom stereocenters. The lowest BCUT2D eigenvalue weighted by molar-refractivity contribution is 0.319. The van der Waals surface area contributed by atoms with Crippen LogP contribution in [0.25, 0.3) is 0 Å². The Kier molecular flexibility index (Phi) is 2.91. The van der Waals surface area contributed by atoms with Gasteiger partial charge in [-0.1, -0.05) is 11.6 Å². The van der Waals surface area contributed by atoms with E-state index in [0.29, 0.717) is 6.10 Å².